The van der Waals surface area contributed by atoms with E-state index in [4.69, 9.17) is 4.74 Å². The van der Waals surface area contributed by atoms with Crippen molar-refractivity contribution >= 4 is 5.70 Å². The van der Waals surface area contributed by atoms with Crippen LogP contribution in [0.15, 0.2) is 34.3 Å². The summed E-state index contributed by atoms with van der Waals surface area (Å²) in [5.74, 6) is 0.562. The highest BCUT2D eigenvalue weighted by atomic mass is 16.5. The fourth-order valence-corrected chi connectivity index (χ4v) is 2.74. The van der Waals surface area contributed by atoms with Gasteiger partial charge in [0, 0.05) is 24.9 Å². The van der Waals surface area contributed by atoms with Crippen molar-refractivity contribution < 1.29 is 4.74 Å². The van der Waals surface area contributed by atoms with Crippen LogP contribution in [0.5, 0.6) is 5.88 Å². The number of ether oxygens (including phenoxy) is 1. The molecule has 2 aromatic heterocycles. The summed E-state index contributed by atoms with van der Waals surface area (Å²) in [5.41, 5.74) is 2.54. The van der Waals surface area contributed by atoms with Gasteiger partial charge in [0.2, 0.25) is 5.88 Å². The molecule has 8 nitrogen and oxygen atoms in total. The lowest BCUT2D eigenvalue weighted by atomic mass is 9.96. The molecule has 134 valence electrons. The van der Waals surface area contributed by atoms with E-state index in [0.29, 0.717) is 12.5 Å². The van der Waals surface area contributed by atoms with Crippen LogP contribution in [-0.2, 0) is 12.6 Å². The Morgan fingerprint density at radius 3 is 2.64 bits per heavy atom. The van der Waals surface area contributed by atoms with Gasteiger partial charge in [-0.05, 0) is 56.5 Å². The fraction of sp³-hybridized carbons (Fsp3) is 0.529. The average molecular weight is 344 g/mol. The first kappa shape index (κ1) is 17.2. The highest BCUT2D eigenvalue weighted by molar-refractivity contribution is 5.59. The zero-order valence-corrected chi connectivity index (χ0v) is 15.4. The Kier molecular flexibility index (Phi) is 4.36. The molecule has 1 aliphatic rings. The van der Waals surface area contributed by atoms with Gasteiger partial charge in [0.1, 0.15) is 6.61 Å². The van der Waals surface area contributed by atoms with Crippen molar-refractivity contribution in [1.29, 1.82) is 0 Å². The van der Waals surface area contributed by atoms with Crippen LogP contribution < -0.4 is 10.4 Å². The zero-order chi connectivity index (χ0) is 18.2. The standard InChI is InChI=1S/C17H24N6O2/c1-12-7-6-8-14(23-16(24)21(5)19-20-23)13(12)11-25-15-9-10-22(18-15)17(2,3)4/h7,9-10H,6,8,11H2,1-5H3. The van der Waals surface area contributed by atoms with Crippen LogP contribution in [0.25, 0.3) is 5.70 Å². The largest absolute Gasteiger partial charge is 0.472 e. The second-order valence-electron chi connectivity index (χ2n) is 7.21. The molecular formula is C17H24N6O2. The van der Waals surface area contributed by atoms with Gasteiger partial charge in [0.05, 0.1) is 11.2 Å². The Morgan fingerprint density at radius 2 is 2.04 bits per heavy atom. The predicted octanol–water partition coefficient (Wildman–Crippen LogP) is 1.96. The maximum absolute atomic E-state index is 12.2. The molecule has 0 aliphatic heterocycles. The van der Waals surface area contributed by atoms with Crippen molar-refractivity contribution in [2.45, 2.75) is 46.1 Å². The van der Waals surface area contributed by atoms with Crippen LogP contribution in [0.3, 0.4) is 0 Å². The molecule has 0 unspecified atom stereocenters. The molecule has 1 aliphatic carbocycles. The van der Waals surface area contributed by atoms with Crippen LogP contribution in [0.2, 0.25) is 0 Å². The van der Waals surface area contributed by atoms with Gasteiger partial charge < -0.3 is 4.74 Å². The molecule has 2 heterocycles. The highest BCUT2D eigenvalue weighted by Gasteiger charge is 2.20. The number of nitrogens with zero attached hydrogens (tertiary/aromatic N) is 6. The number of aryl methyl sites for hydroxylation is 1. The topological polar surface area (TPSA) is 79.8 Å². The maximum atomic E-state index is 12.2. The van der Waals surface area contributed by atoms with Gasteiger partial charge in [-0.3, -0.25) is 4.68 Å². The van der Waals surface area contributed by atoms with Crippen LogP contribution >= 0.6 is 0 Å². The molecule has 3 rings (SSSR count). The molecular weight excluding hydrogens is 320 g/mol. The summed E-state index contributed by atoms with van der Waals surface area (Å²) in [6.45, 7) is 8.60. The third-order valence-electron chi connectivity index (χ3n) is 4.25. The predicted molar refractivity (Wildman–Crippen MR) is 94.2 cm³/mol. The molecule has 0 aromatic carbocycles. The minimum absolute atomic E-state index is 0.0976. The van der Waals surface area contributed by atoms with Crippen LogP contribution in [-0.4, -0.2) is 36.2 Å². The molecule has 2 aromatic rings. The van der Waals surface area contributed by atoms with Crippen molar-refractivity contribution in [2.75, 3.05) is 6.61 Å². The molecule has 0 N–H and O–H groups in total. The van der Waals surface area contributed by atoms with Crippen molar-refractivity contribution in [3.63, 3.8) is 0 Å². The third-order valence-corrected chi connectivity index (χ3v) is 4.25. The number of rotatable bonds is 4. The third kappa shape index (κ3) is 3.42. The van der Waals surface area contributed by atoms with Gasteiger partial charge in [-0.15, -0.1) is 5.10 Å². The molecule has 0 atom stereocenters. The molecule has 0 bridgehead atoms. The lowest BCUT2D eigenvalue weighted by Crippen LogP contribution is -2.25. The normalized spacial score (nSPS) is 15.5. The number of aromatic nitrogens is 6. The van der Waals surface area contributed by atoms with Crippen LogP contribution in [0.4, 0.5) is 0 Å². The van der Waals surface area contributed by atoms with Crippen molar-refractivity contribution in [2.24, 2.45) is 7.05 Å². The second kappa shape index (κ2) is 6.34. The van der Waals surface area contributed by atoms with Crippen molar-refractivity contribution in [3.05, 3.63) is 40.0 Å². The lowest BCUT2D eigenvalue weighted by molar-refractivity contribution is 0.306. The molecule has 0 fully saturated rings. The minimum atomic E-state index is -0.251. The summed E-state index contributed by atoms with van der Waals surface area (Å²) >= 11 is 0. The number of allylic oxidation sites excluding steroid dienone is 2. The zero-order valence-electron chi connectivity index (χ0n) is 15.4. The summed E-state index contributed by atoms with van der Waals surface area (Å²) in [5, 5.41) is 12.2. The summed E-state index contributed by atoms with van der Waals surface area (Å²) < 4.78 is 10.3. The number of hydrogen-bond donors (Lipinski definition) is 0. The fourth-order valence-electron chi connectivity index (χ4n) is 2.74. The van der Waals surface area contributed by atoms with Gasteiger partial charge in [-0.1, -0.05) is 6.08 Å². The Morgan fingerprint density at radius 1 is 1.28 bits per heavy atom. The van der Waals surface area contributed by atoms with E-state index in [2.05, 4.69) is 42.4 Å². The molecule has 0 saturated carbocycles. The van der Waals surface area contributed by atoms with Crippen molar-refractivity contribution in [3.8, 4) is 5.88 Å². The average Bonchev–Trinajstić information content (AvgIpc) is 3.14. The van der Waals surface area contributed by atoms with Gasteiger partial charge in [0.25, 0.3) is 0 Å². The first-order valence-corrected chi connectivity index (χ1v) is 8.35. The van der Waals surface area contributed by atoms with Crippen molar-refractivity contribution in [1.82, 2.24) is 29.6 Å². The lowest BCUT2D eigenvalue weighted by Gasteiger charge is -2.20. The summed E-state index contributed by atoms with van der Waals surface area (Å²) in [7, 11) is 1.59. The second-order valence-corrected chi connectivity index (χ2v) is 7.21. The molecule has 8 heteroatoms. The van der Waals surface area contributed by atoms with Gasteiger partial charge in [-0.2, -0.15) is 9.36 Å². The van der Waals surface area contributed by atoms with E-state index in [1.54, 1.807) is 7.05 Å². The Hall–Kier alpha value is -2.64. The molecule has 0 saturated heterocycles. The smallest absolute Gasteiger partial charge is 0.367 e. The van der Waals surface area contributed by atoms with Gasteiger partial charge in [0.15, 0.2) is 0 Å². The number of tetrazole rings is 1. The first-order chi connectivity index (χ1) is 11.8. The minimum Gasteiger partial charge on any atom is -0.472 e. The Balaban J connectivity index is 1.87. The van der Waals surface area contributed by atoms with E-state index < -0.39 is 0 Å². The molecule has 0 radical (unpaired) electrons. The SMILES string of the molecule is CC1=CCCC(n2nnn(C)c2=O)=C1COc1ccn(C(C)(C)C)n1. The van der Waals surface area contributed by atoms with E-state index in [9.17, 15) is 4.79 Å². The molecule has 25 heavy (non-hydrogen) atoms. The number of hydrogen-bond acceptors (Lipinski definition) is 5. The quantitative estimate of drug-likeness (QED) is 0.847. The van der Waals surface area contributed by atoms with Gasteiger partial charge >= 0.3 is 5.69 Å². The monoisotopic (exact) mass is 344 g/mol. The van der Waals surface area contributed by atoms with E-state index in [1.807, 2.05) is 23.9 Å². The van der Waals surface area contributed by atoms with E-state index >= 15 is 0 Å². The summed E-state index contributed by atoms with van der Waals surface area (Å²) in [6.07, 6.45) is 5.65. The van der Waals surface area contributed by atoms with Crippen LogP contribution in [0, 0.1) is 0 Å². The van der Waals surface area contributed by atoms with E-state index in [1.165, 1.54) is 9.36 Å². The summed E-state index contributed by atoms with van der Waals surface area (Å²) in [6, 6.07) is 1.85. The Bertz CT molecular complexity index is 891. The van der Waals surface area contributed by atoms with E-state index in [-0.39, 0.29) is 11.2 Å². The highest BCUT2D eigenvalue weighted by Crippen LogP contribution is 2.28. The Labute approximate surface area is 146 Å². The molecule has 0 amide bonds. The summed E-state index contributed by atoms with van der Waals surface area (Å²) in [4.78, 5) is 12.2. The van der Waals surface area contributed by atoms with E-state index in [0.717, 1.165) is 29.7 Å². The maximum Gasteiger partial charge on any atom is 0.367 e. The first-order valence-electron chi connectivity index (χ1n) is 8.35. The van der Waals surface area contributed by atoms with Crippen LogP contribution in [0.1, 0.15) is 40.5 Å². The van der Waals surface area contributed by atoms with Gasteiger partial charge in [-0.25, -0.2) is 4.79 Å². The molecule has 0 spiro atoms.